The minimum absolute atomic E-state index is 0.0860. The molecule has 22 heavy (non-hydrogen) atoms. The standard InChI is InChI=1S/C19H23NO2/c1-14(2)17(21)13-20-19(22)18(15-9-5-3-6-10-15)16-11-7-4-8-12-16/h3-12,14,17-18,21H,13H2,1-2H3,(H,20,22). The van der Waals surface area contributed by atoms with Crippen LogP contribution in [0.5, 0.6) is 0 Å². The zero-order chi connectivity index (χ0) is 15.9. The van der Waals surface area contributed by atoms with Gasteiger partial charge in [-0.2, -0.15) is 0 Å². The lowest BCUT2D eigenvalue weighted by Gasteiger charge is -2.20. The monoisotopic (exact) mass is 297 g/mol. The highest BCUT2D eigenvalue weighted by molar-refractivity contribution is 5.87. The normalized spacial score (nSPS) is 12.4. The molecule has 2 aromatic rings. The minimum atomic E-state index is -0.531. The molecule has 3 nitrogen and oxygen atoms in total. The van der Waals surface area contributed by atoms with Gasteiger partial charge in [-0.1, -0.05) is 74.5 Å². The molecular weight excluding hydrogens is 274 g/mol. The van der Waals surface area contributed by atoms with Crippen LogP contribution in [-0.2, 0) is 4.79 Å². The summed E-state index contributed by atoms with van der Waals surface area (Å²) in [7, 11) is 0. The molecule has 1 amide bonds. The highest BCUT2D eigenvalue weighted by Gasteiger charge is 2.23. The largest absolute Gasteiger partial charge is 0.391 e. The Labute approximate surface area is 132 Å². The van der Waals surface area contributed by atoms with E-state index >= 15 is 0 Å². The predicted octanol–water partition coefficient (Wildman–Crippen LogP) is 2.95. The second-order valence-electron chi connectivity index (χ2n) is 5.81. The zero-order valence-corrected chi connectivity index (χ0v) is 13.1. The summed E-state index contributed by atoms with van der Waals surface area (Å²) in [5.41, 5.74) is 1.90. The van der Waals surface area contributed by atoms with Crippen molar-refractivity contribution in [1.82, 2.24) is 5.32 Å². The predicted molar refractivity (Wildman–Crippen MR) is 88.6 cm³/mol. The van der Waals surface area contributed by atoms with Gasteiger partial charge in [0.05, 0.1) is 12.0 Å². The van der Waals surface area contributed by atoms with Crippen molar-refractivity contribution in [2.75, 3.05) is 6.54 Å². The lowest BCUT2D eigenvalue weighted by molar-refractivity contribution is -0.122. The van der Waals surface area contributed by atoms with E-state index < -0.39 is 6.10 Å². The molecule has 0 saturated heterocycles. The number of amides is 1. The smallest absolute Gasteiger partial charge is 0.232 e. The average Bonchev–Trinajstić information content (AvgIpc) is 2.54. The van der Waals surface area contributed by atoms with Gasteiger partial charge in [-0.25, -0.2) is 0 Å². The summed E-state index contributed by atoms with van der Waals surface area (Å²) >= 11 is 0. The van der Waals surface area contributed by atoms with Gasteiger partial charge in [0, 0.05) is 6.54 Å². The zero-order valence-electron chi connectivity index (χ0n) is 13.1. The van der Waals surface area contributed by atoms with Gasteiger partial charge in [-0.15, -0.1) is 0 Å². The molecule has 2 aromatic carbocycles. The van der Waals surface area contributed by atoms with Gasteiger partial charge in [0.25, 0.3) is 0 Å². The number of aliphatic hydroxyl groups is 1. The van der Waals surface area contributed by atoms with Crippen LogP contribution < -0.4 is 5.32 Å². The average molecular weight is 297 g/mol. The summed E-state index contributed by atoms with van der Waals surface area (Å²) in [4.78, 5) is 12.6. The van der Waals surface area contributed by atoms with E-state index in [9.17, 15) is 9.90 Å². The molecule has 2 N–H and O–H groups in total. The van der Waals surface area contributed by atoms with E-state index in [2.05, 4.69) is 5.32 Å². The number of nitrogens with one attached hydrogen (secondary N) is 1. The molecule has 2 rings (SSSR count). The van der Waals surface area contributed by atoms with Gasteiger partial charge >= 0.3 is 0 Å². The van der Waals surface area contributed by atoms with Crippen molar-refractivity contribution >= 4 is 5.91 Å². The van der Waals surface area contributed by atoms with Crippen LogP contribution in [0.15, 0.2) is 60.7 Å². The molecule has 3 heteroatoms. The minimum Gasteiger partial charge on any atom is -0.391 e. The molecule has 0 fully saturated rings. The van der Waals surface area contributed by atoms with Crippen LogP contribution in [0, 0.1) is 5.92 Å². The van der Waals surface area contributed by atoms with E-state index in [1.165, 1.54) is 0 Å². The highest BCUT2D eigenvalue weighted by Crippen LogP contribution is 2.24. The van der Waals surface area contributed by atoms with Gasteiger partial charge < -0.3 is 10.4 Å². The molecule has 0 aliphatic rings. The Hall–Kier alpha value is -2.13. The first-order valence-electron chi connectivity index (χ1n) is 7.65. The van der Waals surface area contributed by atoms with Crippen LogP contribution in [0.3, 0.4) is 0 Å². The molecule has 116 valence electrons. The Morgan fingerprint density at radius 3 is 1.82 bits per heavy atom. The Balaban J connectivity index is 2.20. The summed E-state index contributed by atoms with van der Waals surface area (Å²) in [6.45, 7) is 4.14. The third-order valence-corrected chi connectivity index (χ3v) is 3.78. The van der Waals surface area contributed by atoms with E-state index in [1.807, 2.05) is 74.5 Å². The maximum Gasteiger partial charge on any atom is 0.232 e. The number of hydrogen-bond donors (Lipinski definition) is 2. The third-order valence-electron chi connectivity index (χ3n) is 3.78. The summed E-state index contributed by atoms with van der Waals surface area (Å²) in [6, 6.07) is 19.4. The van der Waals surface area contributed by atoms with Crippen LogP contribution in [0.25, 0.3) is 0 Å². The first-order chi connectivity index (χ1) is 10.6. The second kappa shape index (κ2) is 7.76. The SMILES string of the molecule is CC(C)C(O)CNC(=O)C(c1ccccc1)c1ccccc1. The van der Waals surface area contributed by atoms with Crippen molar-refractivity contribution in [3.05, 3.63) is 71.8 Å². The van der Waals surface area contributed by atoms with E-state index in [1.54, 1.807) is 0 Å². The Morgan fingerprint density at radius 2 is 1.41 bits per heavy atom. The molecular formula is C19H23NO2. The molecule has 0 aromatic heterocycles. The van der Waals surface area contributed by atoms with Gasteiger partial charge in [-0.05, 0) is 17.0 Å². The summed E-state index contributed by atoms with van der Waals surface area (Å²) in [6.07, 6.45) is -0.531. The van der Waals surface area contributed by atoms with Crippen molar-refractivity contribution < 1.29 is 9.90 Å². The summed E-state index contributed by atoms with van der Waals surface area (Å²) in [5, 5.41) is 12.8. The molecule has 0 spiro atoms. The number of benzene rings is 2. The van der Waals surface area contributed by atoms with Crippen LogP contribution in [0.2, 0.25) is 0 Å². The van der Waals surface area contributed by atoms with Gasteiger partial charge in [0.2, 0.25) is 5.91 Å². The fourth-order valence-corrected chi connectivity index (χ4v) is 2.33. The first kappa shape index (κ1) is 16.2. The second-order valence-corrected chi connectivity index (χ2v) is 5.81. The number of carbonyl (C=O) groups excluding carboxylic acids is 1. The highest BCUT2D eigenvalue weighted by atomic mass is 16.3. The lowest BCUT2D eigenvalue weighted by Crippen LogP contribution is -2.37. The van der Waals surface area contributed by atoms with E-state index in [0.717, 1.165) is 11.1 Å². The van der Waals surface area contributed by atoms with Gasteiger partial charge in [0.15, 0.2) is 0 Å². The number of hydrogen-bond acceptors (Lipinski definition) is 2. The molecule has 1 unspecified atom stereocenters. The quantitative estimate of drug-likeness (QED) is 0.861. The van der Waals surface area contributed by atoms with Crippen molar-refractivity contribution in [1.29, 1.82) is 0 Å². The van der Waals surface area contributed by atoms with Crippen molar-refractivity contribution in [3.8, 4) is 0 Å². The molecule has 0 saturated carbocycles. The molecule has 0 aliphatic heterocycles. The Kier molecular flexibility index (Phi) is 5.73. The van der Waals surface area contributed by atoms with E-state index in [-0.39, 0.29) is 24.3 Å². The number of aliphatic hydroxyl groups excluding tert-OH is 1. The van der Waals surface area contributed by atoms with Crippen LogP contribution in [-0.4, -0.2) is 23.7 Å². The van der Waals surface area contributed by atoms with Crippen LogP contribution in [0.1, 0.15) is 30.9 Å². The topological polar surface area (TPSA) is 49.3 Å². The molecule has 0 bridgehead atoms. The molecule has 0 aliphatic carbocycles. The van der Waals surface area contributed by atoms with E-state index in [4.69, 9.17) is 0 Å². The molecule has 0 heterocycles. The number of carbonyl (C=O) groups is 1. The summed E-state index contributed by atoms with van der Waals surface area (Å²) in [5.74, 6) is -0.328. The number of rotatable bonds is 6. The van der Waals surface area contributed by atoms with Crippen LogP contribution >= 0.6 is 0 Å². The van der Waals surface area contributed by atoms with Crippen molar-refractivity contribution in [3.63, 3.8) is 0 Å². The maximum atomic E-state index is 12.6. The van der Waals surface area contributed by atoms with Crippen LogP contribution in [0.4, 0.5) is 0 Å². The fraction of sp³-hybridized carbons (Fsp3) is 0.316. The van der Waals surface area contributed by atoms with Crippen molar-refractivity contribution in [2.45, 2.75) is 25.9 Å². The van der Waals surface area contributed by atoms with Gasteiger partial charge in [-0.3, -0.25) is 4.79 Å². The fourth-order valence-electron chi connectivity index (χ4n) is 2.33. The Morgan fingerprint density at radius 1 is 0.955 bits per heavy atom. The third kappa shape index (κ3) is 4.18. The molecule has 1 atom stereocenters. The molecule has 0 radical (unpaired) electrons. The van der Waals surface area contributed by atoms with E-state index in [0.29, 0.717) is 0 Å². The summed E-state index contributed by atoms with van der Waals surface area (Å²) < 4.78 is 0. The first-order valence-corrected chi connectivity index (χ1v) is 7.65. The Bertz CT molecular complexity index is 541. The van der Waals surface area contributed by atoms with Gasteiger partial charge in [0.1, 0.15) is 0 Å². The van der Waals surface area contributed by atoms with Crippen molar-refractivity contribution in [2.24, 2.45) is 5.92 Å². The lowest BCUT2D eigenvalue weighted by atomic mass is 9.90. The maximum absolute atomic E-state index is 12.6.